The molecule has 2 rings (SSSR count). The van der Waals surface area contributed by atoms with Crippen LogP contribution in [0.4, 0.5) is 0 Å². The minimum atomic E-state index is -0.538. The summed E-state index contributed by atoms with van der Waals surface area (Å²) in [6, 6.07) is 7.39. The summed E-state index contributed by atoms with van der Waals surface area (Å²) >= 11 is 0. The summed E-state index contributed by atoms with van der Waals surface area (Å²) in [6.07, 6.45) is 4.27. The standard InChI is InChI=1S/C18H27NO4/c1-3-15-8-4-5-10-19(15)12-16(20)13-23-17-9-6-7-14(11-17)18(21)22-2/h6-7,9,11,15-16,20H,3-5,8,10,12-13H2,1-2H3/t15-,16-/m0/s1. The molecule has 0 bridgehead atoms. The monoisotopic (exact) mass is 321 g/mol. The van der Waals surface area contributed by atoms with E-state index in [2.05, 4.69) is 11.8 Å². The zero-order valence-corrected chi connectivity index (χ0v) is 14.0. The molecule has 1 aliphatic heterocycles. The van der Waals surface area contributed by atoms with Crippen LogP contribution >= 0.6 is 0 Å². The van der Waals surface area contributed by atoms with Crippen molar-refractivity contribution in [2.75, 3.05) is 26.8 Å². The van der Waals surface area contributed by atoms with Crippen molar-refractivity contribution in [2.24, 2.45) is 0 Å². The fraction of sp³-hybridized carbons (Fsp3) is 0.611. The summed E-state index contributed by atoms with van der Waals surface area (Å²) in [5.74, 6) is 0.174. The number of aliphatic hydroxyl groups is 1. The van der Waals surface area contributed by atoms with Crippen molar-refractivity contribution in [3.8, 4) is 5.75 Å². The number of esters is 1. The second-order valence-electron chi connectivity index (χ2n) is 6.04. The molecule has 1 saturated heterocycles. The molecule has 1 heterocycles. The fourth-order valence-electron chi connectivity index (χ4n) is 3.11. The number of likely N-dealkylation sites (tertiary alicyclic amines) is 1. The van der Waals surface area contributed by atoms with Crippen LogP contribution in [0.15, 0.2) is 24.3 Å². The number of aliphatic hydroxyl groups excluding tert-OH is 1. The van der Waals surface area contributed by atoms with Crippen molar-refractivity contribution in [3.05, 3.63) is 29.8 Å². The molecular formula is C18H27NO4. The lowest BCUT2D eigenvalue weighted by molar-refractivity contribution is 0.0387. The van der Waals surface area contributed by atoms with Crippen LogP contribution in [0.5, 0.6) is 5.75 Å². The van der Waals surface area contributed by atoms with Crippen LogP contribution in [0.2, 0.25) is 0 Å². The number of hydrogen-bond acceptors (Lipinski definition) is 5. The van der Waals surface area contributed by atoms with Gasteiger partial charge in [-0.1, -0.05) is 19.4 Å². The Morgan fingerprint density at radius 3 is 3.00 bits per heavy atom. The molecule has 128 valence electrons. The Balaban J connectivity index is 1.84. The largest absolute Gasteiger partial charge is 0.491 e. The third-order valence-electron chi connectivity index (χ3n) is 4.36. The highest BCUT2D eigenvalue weighted by Crippen LogP contribution is 2.20. The van der Waals surface area contributed by atoms with Crippen LogP contribution in [-0.4, -0.2) is 54.9 Å². The molecule has 23 heavy (non-hydrogen) atoms. The maximum Gasteiger partial charge on any atom is 0.337 e. The van der Waals surface area contributed by atoms with Crippen LogP contribution in [0.3, 0.4) is 0 Å². The molecule has 1 aromatic carbocycles. The zero-order valence-electron chi connectivity index (χ0n) is 14.0. The van der Waals surface area contributed by atoms with Gasteiger partial charge in [0.1, 0.15) is 18.5 Å². The number of ether oxygens (including phenoxy) is 2. The van der Waals surface area contributed by atoms with Crippen LogP contribution in [-0.2, 0) is 4.74 Å². The lowest BCUT2D eigenvalue weighted by Crippen LogP contribution is -2.44. The summed E-state index contributed by atoms with van der Waals surface area (Å²) in [6.45, 7) is 4.10. The van der Waals surface area contributed by atoms with E-state index in [1.54, 1.807) is 24.3 Å². The van der Waals surface area contributed by atoms with E-state index in [4.69, 9.17) is 9.47 Å². The van der Waals surface area contributed by atoms with E-state index < -0.39 is 12.1 Å². The lowest BCUT2D eigenvalue weighted by Gasteiger charge is -2.36. The van der Waals surface area contributed by atoms with Gasteiger partial charge in [-0.3, -0.25) is 4.90 Å². The predicted molar refractivity (Wildman–Crippen MR) is 88.8 cm³/mol. The number of carbonyl (C=O) groups excluding carboxylic acids is 1. The van der Waals surface area contributed by atoms with Crippen molar-refractivity contribution in [2.45, 2.75) is 44.8 Å². The van der Waals surface area contributed by atoms with E-state index in [1.165, 1.54) is 26.4 Å². The van der Waals surface area contributed by atoms with Gasteiger partial charge in [-0.15, -0.1) is 0 Å². The number of piperidine rings is 1. The number of rotatable bonds is 7. The molecule has 1 aromatic rings. The van der Waals surface area contributed by atoms with Gasteiger partial charge in [0.2, 0.25) is 0 Å². The van der Waals surface area contributed by atoms with E-state index >= 15 is 0 Å². The molecule has 5 heteroatoms. The second-order valence-corrected chi connectivity index (χ2v) is 6.04. The summed E-state index contributed by atoms with van der Waals surface area (Å²) in [4.78, 5) is 13.9. The van der Waals surface area contributed by atoms with Gasteiger partial charge in [0.15, 0.2) is 0 Å². The minimum Gasteiger partial charge on any atom is -0.491 e. The summed E-state index contributed by atoms with van der Waals surface area (Å²) in [5.41, 5.74) is 0.446. The normalized spacial score (nSPS) is 20.0. The second kappa shape index (κ2) is 8.89. The average molecular weight is 321 g/mol. The van der Waals surface area contributed by atoms with E-state index in [-0.39, 0.29) is 6.61 Å². The highest BCUT2D eigenvalue weighted by molar-refractivity contribution is 5.89. The Bertz CT molecular complexity index is 506. The molecule has 0 aliphatic carbocycles. The molecular weight excluding hydrogens is 294 g/mol. The molecule has 0 unspecified atom stereocenters. The van der Waals surface area contributed by atoms with Gasteiger partial charge < -0.3 is 14.6 Å². The molecule has 0 radical (unpaired) electrons. The first-order valence-electron chi connectivity index (χ1n) is 8.37. The number of nitrogens with zero attached hydrogens (tertiary/aromatic N) is 1. The SMILES string of the molecule is CC[C@H]1CCCCN1C[C@H](O)COc1cccc(C(=O)OC)c1. The Labute approximate surface area is 138 Å². The molecule has 0 saturated carbocycles. The number of carbonyl (C=O) groups is 1. The number of hydrogen-bond donors (Lipinski definition) is 1. The Morgan fingerprint density at radius 2 is 2.26 bits per heavy atom. The molecule has 0 amide bonds. The number of methoxy groups -OCH3 is 1. The van der Waals surface area contributed by atoms with Crippen molar-refractivity contribution in [1.29, 1.82) is 0 Å². The van der Waals surface area contributed by atoms with Crippen LogP contribution < -0.4 is 4.74 Å². The summed E-state index contributed by atoms with van der Waals surface area (Å²) < 4.78 is 10.3. The zero-order chi connectivity index (χ0) is 16.7. The van der Waals surface area contributed by atoms with E-state index in [1.807, 2.05) is 0 Å². The predicted octanol–water partition coefficient (Wildman–Crippen LogP) is 2.48. The highest BCUT2D eigenvalue weighted by atomic mass is 16.5. The van der Waals surface area contributed by atoms with Gasteiger partial charge in [0, 0.05) is 12.6 Å². The molecule has 1 fully saturated rings. The van der Waals surface area contributed by atoms with Gasteiger partial charge in [0.05, 0.1) is 12.7 Å². The van der Waals surface area contributed by atoms with E-state index in [9.17, 15) is 9.90 Å². The van der Waals surface area contributed by atoms with Gasteiger partial charge in [0.25, 0.3) is 0 Å². The van der Waals surface area contributed by atoms with Crippen molar-refractivity contribution in [1.82, 2.24) is 4.90 Å². The van der Waals surface area contributed by atoms with Crippen molar-refractivity contribution in [3.63, 3.8) is 0 Å². The molecule has 1 aliphatic rings. The van der Waals surface area contributed by atoms with E-state index in [0.29, 0.717) is 23.9 Å². The third-order valence-corrected chi connectivity index (χ3v) is 4.36. The quantitative estimate of drug-likeness (QED) is 0.782. The third kappa shape index (κ3) is 5.22. The highest BCUT2D eigenvalue weighted by Gasteiger charge is 2.23. The van der Waals surface area contributed by atoms with Gasteiger partial charge in [-0.25, -0.2) is 4.79 Å². The molecule has 0 spiro atoms. The molecule has 0 aromatic heterocycles. The first-order chi connectivity index (χ1) is 11.1. The summed E-state index contributed by atoms with van der Waals surface area (Å²) in [7, 11) is 1.35. The average Bonchev–Trinajstić information content (AvgIpc) is 2.60. The Kier molecular flexibility index (Phi) is 6.86. The van der Waals surface area contributed by atoms with Crippen LogP contribution in [0.1, 0.15) is 43.0 Å². The van der Waals surface area contributed by atoms with Crippen molar-refractivity contribution >= 4 is 5.97 Å². The fourth-order valence-corrected chi connectivity index (χ4v) is 3.11. The smallest absolute Gasteiger partial charge is 0.337 e. The topological polar surface area (TPSA) is 59.0 Å². The first kappa shape index (κ1) is 17.8. The molecule has 1 N–H and O–H groups in total. The van der Waals surface area contributed by atoms with Gasteiger partial charge in [-0.05, 0) is 44.0 Å². The van der Waals surface area contributed by atoms with Crippen molar-refractivity contribution < 1.29 is 19.4 Å². The molecule has 5 nitrogen and oxygen atoms in total. The molecule has 2 atom stereocenters. The summed E-state index contributed by atoms with van der Waals surface area (Å²) in [5, 5.41) is 10.2. The number of benzene rings is 1. The first-order valence-corrected chi connectivity index (χ1v) is 8.37. The van der Waals surface area contributed by atoms with Crippen LogP contribution in [0.25, 0.3) is 0 Å². The van der Waals surface area contributed by atoms with Crippen LogP contribution in [0, 0.1) is 0 Å². The van der Waals surface area contributed by atoms with Gasteiger partial charge >= 0.3 is 5.97 Å². The Hall–Kier alpha value is -1.59. The lowest BCUT2D eigenvalue weighted by atomic mass is 10.00. The van der Waals surface area contributed by atoms with Gasteiger partial charge in [-0.2, -0.15) is 0 Å². The number of β-amino-alcohol motifs (C(OH)–C–C–N with tert-alkyl or cyclic N) is 1. The van der Waals surface area contributed by atoms with E-state index in [0.717, 1.165) is 13.0 Å². The maximum atomic E-state index is 11.5. The Morgan fingerprint density at radius 1 is 1.43 bits per heavy atom. The maximum absolute atomic E-state index is 11.5. The minimum absolute atomic E-state index is 0.220.